The molecule has 74 valence electrons. The maximum Gasteiger partial charge on any atom is 0.126 e. The van der Waals surface area contributed by atoms with Crippen molar-refractivity contribution in [2.45, 2.75) is 19.4 Å². The highest BCUT2D eigenvalue weighted by atomic mass is 19.2. The van der Waals surface area contributed by atoms with Crippen molar-refractivity contribution in [3.05, 3.63) is 35.9 Å². The Morgan fingerprint density at radius 2 is 2.07 bits per heavy atom. The second-order valence-electron chi connectivity index (χ2n) is 3.48. The number of halogens is 1. The van der Waals surface area contributed by atoms with Gasteiger partial charge in [-0.05, 0) is 18.9 Å². The quantitative estimate of drug-likeness (QED) is 0.625. The lowest BCUT2D eigenvalue weighted by Crippen LogP contribution is -2.27. The SMILES string of the molecule is CC1=NC(c2ccccc2)CCN1F. The summed E-state index contributed by atoms with van der Waals surface area (Å²) in [7, 11) is 0. The number of hydrogen-bond acceptors (Lipinski definition) is 2. The fraction of sp³-hybridized carbons (Fsp3) is 0.364. The van der Waals surface area contributed by atoms with Crippen LogP contribution in [0.25, 0.3) is 0 Å². The van der Waals surface area contributed by atoms with Crippen LogP contribution in [0.3, 0.4) is 0 Å². The Kier molecular flexibility index (Phi) is 2.48. The van der Waals surface area contributed by atoms with Crippen LogP contribution in [-0.4, -0.2) is 17.5 Å². The molecule has 2 rings (SSSR count). The molecule has 0 aromatic heterocycles. The van der Waals surface area contributed by atoms with E-state index in [0.29, 0.717) is 17.5 Å². The number of benzene rings is 1. The van der Waals surface area contributed by atoms with E-state index in [0.717, 1.165) is 6.42 Å². The highest BCUT2D eigenvalue weighted by Gasteiger charge is 2.19. The predicted octanol–water partition coefficient (Wildman–Crippen LogP) is 2.74. The minimum absolute atomic E-state index is 0.128. The molecule has 1 aliphatic rings. The molecule has 1 aromatic rings. The predicted molar refractivity (Wildman–Crippen MR) is 54.7 cm³/mol. The minimum atomic E-state index is 0.128. The van der Waals surface area contributed by atoms with Crippen LogP contribution in [0, 0.1) is 0 Å². The third-order valence-corrected chi connectivity index (χ3v) is 2.48. The van der Waals surface area contributed by atoms with E-state index >= 15 is 0 Å². The van der Waals surface area contributed by atoms with E-state index in [2.05, 4.69) is 4.99 Å². The zero-order valence-electron chi connectivity index (χ0n) is 8.15. The number of amidine groups is 1. The van der Waals surface area contributed by atoms with Crippen molar-refractivity contribution in [3.63, 3.8) is 0 Å². The van der Waals surface area contributed by atoms with Gasteiger partial charge in [-0.25, -0.2) is 0 Å². The van der Waals surface area contributed by atoms with Crippen molar-refractivity contribution >= 4 is 5.84 Å². The molecule has 0 saturated carbocycles. The number of nitrogens with zero attached hydrogens (tertiary/aromatic N) is 2. The Bertz CT molecular complexity index is 334. The van der Waals surface area contributed by atoms with Crippen LogP contribution in [0.5, 0.6) is 0 Å². The van der Waals surface area contributed by atoms with Gasteiger partial charge < -0.3 is 0 Å². The van der Waals surface area contributed by atoms with Crippen molar-refractivity contribution in [2.75, 3.05) is 6.54 Å². The molecule has 0 N–H and O–H groups in total. The van der Waals surface area contributed by atoms with Crippen molar-refractivity contribution in [1.82, 2.24) is 5.12 Å². The Morgan fingerprint density at radius 3 is 2.71 bits per heavy atom. The monoisotopic (exact) mass is 192 g/mol. The van der Waals surface area contributed by atoms with E-state index in [-0.39, 0.29) is 6.04 Å². The molecule has 1 unspecified atom stereocenters. The fourth-order valence-electron chi connectivity index (χ4n) is 1.67. The highest BCUT2D eigenvalue weighted by Crippen LogP contribution is 2.25. The third kappa shape index (κ3) is 1.76. The molecule has 2 nitrogen and oxygen atoms in total. The summed E-state index contributed by atoms with van der Waals surface area (Å²) in [6, 6.07) is 10.2. The highest BCUT2D eigenvalue weighted by molar-refractivity contribution is 5.79. The lowest BCUT2D eigenvalue weighted by Gasteiger charge is -2.24. The van der Waals surface area contributed by atoms with Gasteiger partial charge in [-0.15, -0.1) is 0 Å². The van der Waals surface area contributed by atoms with Crippen LogP contribution in [0.4, 0.5) is 4.48 Å². The number of aliphatic imine (C=N–C) groups is 1. The molecule has 0 bridgehead atoms. The van der Waals surface area contributed by atoms with Gasteiger partial charge in [0.25, 0.3) is 0 Å². The normalized spacial score (nSPS) is 22.0. The summed E-state index contributed by atoms with van der Waals surface area (Å²) in [5.41, 5.74) is 1.17. The summed E-state index contributed by atoms with van der Waals surface area (Å²) >= 11 is 0. The van der Waals surface area contributed by atoms with Crippen molar-refractivity contribution in [2.24, 2.45) is 4.99 Å². The molecule has 1 aliphatic heterocycles. The molecule has 0 fully saturated rings. The summed E-state index contributed by atoms with van der Waals surface area (Å²) in [4.78, 5) is 4.30. The van der Waals surface area contributed by atoms with Crippen LogP contribution in [0.2, 0.25) is 0 Å². The topological polar surface area (TPSA) is 15.6 Å². The molecule has 0 aliphatic carbocycles. The smallest absolute Gasteiger partial charge is 0.126 e. The number of rotatable bonds is 1. The first-order valence-corrected chi connectivity index (χ1v) is 4.80. The van der Waals surface area contributed by atoms with E-state index in [9.17, 15) is 4.48 Å². The van der Waals surface area contributed by atoms with Gasteiger partial charge in [0.2, 0.25) is 0 Å². The molecule has 1 aromatic carbocycles. The zero-order valence-corrected chi connectivity index (χ0v) is 8.15. The average molecular weight is 192 g/mol. The van der Waals surface area contributed by atoms with Gasteiger partial charge in [-0.1, -0.05) is 34.8 Å². The van der Waals surface area contributed by atoms with Gasteiger partial charge in [0, 0.05) is 0 Å². The average Bonchev–Trinajstić information content (AvgIpc) is 2.23. The molecule has 1 atom stereocenters. The van der Waals surface area contributed by atoms with Crippen LogP contribution in [-0.2, 0) is 0 Å². The molecule has 0 saturated heterocycles. The molecule has 14 heavy (non-hydrogen) atoms. The summed E-state index contributed by atoms with van der Waals surface area (Å²) in [6.45, 7) is 2.14. The van der Waals surface area contributed by atoms with Crippen molar-refractivity contribution in [1.29, 1.82) is 0 Å². The molecule has 0 spiro atoms. The van der Waals surface area contributed by atoms with E-state index < -0.39 is 0 Å². The van der Waals surface area contributed by atoms with Crippen LogP contribution in [0.1, 0.15) is 24.9 Å². The number of hydrogen-bond donors (Lipinski definition) is 0. The van der Waals surface area contributed by atoms with Crippen LogP contribution < -0.4 is 0 Å². The first kappa shape index (κ1) is 9.19. The summed E-state index contributed by atoms with van der Waals surface area (Å²) in [5, 5.41) is 0.708. The third-order valence-electron chi connectivity index (χ3n) is 2.48. The van der Waals surface area contributed by atoms with Crippen molar-refractivity contribution < 1.29 is 4.48 Å². The maximum atomic E-state index is 13.0. The molecule has 0 amide bonds. The molecule has 3 heteroatoms. The van der Waals surface area contributed by atoms with Gasteiger partial charge in [-0.2, -0.15) is 5.12 Å². The summed E-state index contributed by atoms with van der Waals surface area (Å²) in [5.74, 6) is 0.477. The van der Waals surface area contributed by atoms with Gasteiger partial charge in [0.05, 0.1) is 12.6 Å². The van der Waals surface area contributed by atoms with Crippen molar-refractivity contribution in [3.8, 4) is 0 Å². The Hall–Kier alpha value is -1.38. The second-order valence-corrected chi connectivity index (χ2v) is 3.48. The van der Waals surface area contributed by atoms with Crippen LogP contribution >= 0.6 is 0 Å². The van der Waals surface area contributed by atoms with Gasteiger partial charge >= 0.3 is 0 Å². The van der Waals surface area contributed by atoms with Gasteiger partial charge in [0.15, 0.2) is 0 Å². The van der Waals surface area contributed by atoms with E-state index in [1.807, 2.05) is 30.3 Å². The molecular formula is C11H13FN2. The summed E-state index contributed by atoms with van der Waals surface area (Å²) < 4.78 is 13.0. The first-order valence-electron chi connectivity index (χ1n) is 4.80. The molecule has 1 heterocycles. The van der Waals surface area contributed by atoms with Gasteiger partial charge in [-0.3, -0.25) is 4.99 Å². The Labute approximate surface area is 83.0 Å². The van der Waals surface area contributed by atoms with E-state index in [4.69, 9.17) is 0 Å². The standard InChI is InChI=1S/C11H13FN2/c1-9-13-11(7-8-14(9)12)10-5-3-2-4-6-10/h2-6,11H,7-8H2,1H3. The van der Waals surface area contributed by atoms with Crippen LogP contribution in [0.15, 0.2) is 35.3 Å². The first-order chi connectivity index (χ1) is 6.77. The molecule has 0 radical (unpaired) electrons. The lowest BCUT2D eigenvalue weighted by molar-refractivity contribution is 0.105. The largest absolute Gasteiger partial charge is 0.262 e. The second kappa shape index (κ2) is 3.78. The maximum absolute atomic E-state index is 13.0. The minimum Gasteiger partial charge on any atom is -0.262 e. The summed E-state index contributed by atoms with van der Waals surface area (Å²) in [6.07, 6.45) is 0.748. The van der Waals surface area contributed by atoms with E-state index in [1.165, 1.54) is 5.56 Å². The Morgan fingerprint density at radius 1 is 1.36 bits per heavy atom. The fourth-order valence-corrected chi connectivity index (χ4v) is 1.67. The molecular weight excluding hydrogens is 179 g/mol. The zero-order chi connectivity index (χ0) is 9.97. The van der Waals surface area contributed by atoms with E-state index in [1.54, 1.807) is 6.92 Å². The van der Waals surface area contributed by atoms with Gasteiger partial charge in [0.1, 0.15) is 5.84 Å². The Balaban J connectivity index is 2.22. The lowest BCUT2D eigenvalue weighted by atomic mass is 10.0.